The Labute approximate surface area is 164 Å². The molecular formula is C18H27ClN4O2S. The largest absolute Gasteiger partial charge is 0.353 e. The lowest BCUT2D eigenvalue weighted by Gasteiger charge is -2.27. The summed E-state index contributed by atoms with van der Waals surface area (Å²) in [7, 11) is 0. The lowest BCUT2D eigenvalue weighted by molar-refractivity contribution is -0.123. The first-order chi connectivity index (χ1) is 12.6. The van der Waals surface area contributed by atoms with Crippen molar-refractivity contribution in [1.82, 2.24) is 20.9 Å². The Morgan fingerprint density at radius 3 is 2.73 bits per heavy atom. The highest BCUT2D eigenvalue weighted by molar-refractivity contribution is 7.98. The van der Waals surface area contributed by atoms with Gasteiger partial charge in [0.15, 0.2) is 0 Å². The quantitative estimate of drug-likeness (QED) is 0.583. The summed E-state index contributed by atoms with van der Waals surface area (Å²) in [6.45, 7) is 5.36. The zero-order valence-electron chi connectivity index (χ0n) is 15.1. The van der Waals surface area contributed by atoms with E-state index in [0.717, 1.165) is 38.5 Å². The molecule has 2 amide bonds. The summed E-state index contributed by atoms with van der Waals surface area (Å²) >= 11 is 7.73. The van der Waals surface area contributed by atoms with Gasteiger partial charge in [-0.05, 0) is 30.6 Å². The summed E-state index contributed by atoms with van der Waals surface area (Å²) in [6.07, 6.45) is 2.56. The highest BCUT2D eigenvalue weighted by atomic mass is 35.5. The topological polar surface area (TPSA) is 73.5 Å². The lowest BCUT2D eigenvalue weighted by atomic mass is 10.1. The van der Waals surface area contributed by atoms with Gasteiger partial charge in [-0.15, -0.1) is 0 Å². The Kier molecular flexibility index (Phi) is 9.25. The number of amides is 2. The molecule has 0 bridgehead atoms. The summed E-state index contributed by atoms with van der Waals surface area (Å²) in [5.74, 6) is 0.326. The fourth-order valence-electron chi connectivity index (χ4n) is 2.78. The third-order valence-corrected chi connectivity index (χ3v) is 5.26. The van der Waals surface area contributed by atoms with Crippen molar-refractivity contribution in [2.45, 2.75) is 12.5 Å². The van der Waals surface area contributed by atoms with Crippen LogP contribution in [0.3, 0.4) is 0 Å². The van der Waals surface area contributed by atoms with Gasteiger partial charge >= 0.3 is 0 Å². The van der Waals surface area contributed by atoms with Crippen LogP contribution in [0, 0.1) is 0 Å². The third kappa shape index (κ3) is 6.79. The number of nitrogens with zero attached hydrogens (tertiary/aromatic N) is 1. The minimum atomic E-state index is -0.561. The van der Waals surface area contributed by atoms with Gasteiger partial charge in [-0.25, -0.2) is 0 Å². The SMILES string of the molecule is CSCCC(NC(=O)c1ccccc1Cl)C(=O)NCCN1CCNCC1. The highest BCUT2D eigenvalue weighted by Crippen LogP contribution is 2.15. The number of hydrogen-bond donors (Lipinski definition) is 3. The maximum absolute atomic E-state index is 12.5. The van der Waals surface area contributed by atoms with E-state index in [1.807, 2.05) is 6.26 Å². The first kappa shape index (κ1) is 21.0. The summed E-state index contributed by atoms with van der Waals surface area (Å²) in [6, 6.07) is 6.29. The molecule has 1 unspecified atom stereocenters. The van der Waals surface area contributed by atoms with Gasteiger partial charge in [0.1, 0.15) is 6.04 Å². The number of piperazine rings is 1. The Morgan fingerprint density at radius 1 is 1.31 bits per heavy atom. The van der Waals surface area contributed by atoms with Crippen LogP contribution in [0.25, 0.3) is 0 Å². The molecule has 1 aliphatic heterocycles. The van der Waals surface area contributed by atoms with Gasteiger partial charge in [-0.2, -0.15) is 11.8 Å². The predicted octanol–water partition coefficient (Wildman–Crippen LogP) is 1.21. The molecule has 1 heterocycles. The van der Waals surface area contributed by atoms with Gasteiger partial charge in [0.25, 0.3) is 5.91 Å². The van der Waals surface area contributed by atoms with E-state index in [-0.39, 0.29) is 11.8 Å². The number of nitrogens with one attached hydrogen (secondary N) is 3. The van der Waals surface area contributed by atoms with E-state index in [9.17, 15) is 9.59 Å². The van der Waals surface area contributed by atoms with Gasteiger partial charge in [-0.3, -0.25) is 14.5 Å². The molecule has 3 N–H and O–H groups in total. The first-order valence-electron chi connectivity index (χ1n) is 8.87. The molecule has 1 aromatic carbocycles. The van der Waals surface area contributed by atoms with E-state index >= 15 is 0 Å². The Balaban J connectivity index is 1.87. The predicted molar refractivity (Wildman–Crippen MR) is 108 cm³/mol. The van der Waals surface area contributed by atoms with Crippen LogP contribution in [0.15, 0.2) is 24.3 Å². The van der Waals surface area contributed by atoms with Crippen molar-refractivity contribution in [3.05, 3.63) is 34.9 Å². The molecule has 26 heavy (non-hydrogen) atoms. The molecule has 1 aromatic rings. The Hall–Kier alpha value is -1.28. The standard InChI is InChI=1S/C18H27ClN4O2S/c1-26-13-6-16(22-17(24)14-4-2-3-5-15(14)19)18(25)21-9-12-23-10-7-20-8-11-23/h2-5,16,20H,6-13H2,1H3,(H,21,25)(H,22,24). The average molecular weight is 399 g/mol. The fourth-order valence-corrected chi connectivity index (χ4v) is 3.47. The molecule has 1 aliphatic rings. The second-order valence-electron chi connectivity index (χ2n) is 6.17. The molecule has 0 radical (unpaired) electrons. The maximum atomic E-state index is 12.5. The van der Waals surface area contributed by atoms with Crippen molar-refractivity contribution in [2.75, 3.05) is 51.3 Å². The molecule has 1 saturated heterocycles. The Morgan fingerprint density at radius 2 is 2.04 bits per heavy atom. The van der Waals surface area contributed by atoms with E-state index in [1.165, 1.54) is 0 Å². The van der Waals surface area contributed by atoms with Gasteiger partial charge in [-0.1, -0.05) is 23.7 Å². The van der Waals surface area contributed by atoms with Crippen LogP contribution in [0.1, 0.15) is 16.8 Å². The van der Waals surface area contributed by atoms with Gasteiger partial charge in [0, 0.05) is 39.3 Å². The molecule has 2 rings (SSSR count). The molecule has 6 nitrogen and oxygen atoms in total. The van der Waals surface area contributed by atoms with Crippen LogP contribution >= 0.6 is 23.4 Å². The average Bonchev–Trinajstić information content (AvgIpc) is 2.66. The molecule has 0 aliphatic carbocycles. The summed E-state index contributed by atoms with van der Waals surface area (Å²) in [5.41, 5.74) is 0.386. The van der Waals surface area contributed by atoms with E-state index in [4.69, 9.17) is 11.6 Å². The zero-order chi connectivity index (χ0) is 18.8. The van der Waals surface area contributed by atoms with Gasteiger partial charge in [0.05, 0.1) is 10.6 Å². The van der Waals surface area contributed by atoms with Crippen LogP contribution in [0.5, 0.6) is 0 Å². The van der Waals surface area contributed by atoms with E-state index in [0.29, 0.717) is 23.6 Å². The van der Waals surface area contributed by atoms with E-state index < -0.39 is 6.04 Å². The first-order valence-corrected chi connectivity index (χ1v) is 10.6. The summed E-state index contributed by atoms with van der Waals surface area (Å²) in [5, 5.41) is 9.47. The minimum Gasteiger partial charge on any atom is -0.353 e. The smallest absolute Gasteiger partial charge is 0.253 e. The number of halogens is 1. The zero-order valence-corrected chi connectivity index (χ0v) is 16.7. The number of thioether (sulfide) groups is 1. The van der Waals surface area contributed by atoms with Crippen molar-refractivity contribution in [2.24, 2.45) is 0 Å². The van der Waals surface area contributed by atoms with Crippen molar-refractivity contribution < 1.29 is 9.59 Å². The number of carbonyl (C=O) groups excluding carboxylic acids is 2. The van der Waals surface area contributed by atoms with E-state index in [2.05, 4.69) is 20.9 Å². The van der Waals surface area contributed by atoms with Crippen LogP contribution in [-0.2, 0) is 4.79 Å². The molecule has 0 spiro atoms. The Bertz CT molecular complexity index is 596. The monoisotopic (exact) mass is 398 g/mol. The van der Waals surface area contributed by atoms with Crippen molar-refractivity contribution >= 4 is 35.2 Å². The number of rotatable bonds is 9. The number of carbonyl (C=O) groups is 2. The molecule has 1 atom stereocenters. The van der Waals surface area contributed by atoms with Crippen molar-refractivity contribution in [3.63, 3.8) is 0 Å². The maximum Gasteiger partial charge on any atom is 0.253 e. The molecular weight excluding hydrogens is 372 g/mol. The second-order valence-corrected chi connectivity index (χ2v) is 7.56. The molecule has 144 valence electrons. The molecule has 1 fully saturated rings. The van der Waals surface area contributed by atoms with Crippen LogP contribution in [0.4, 0.5) is 0 Å². The van der Waals surface area contributed by atoms with E-state index in [1.54, 1.807) is 36.0 Å². The number of benzene rings is 1. The molecule has 0 saturated carbocycles. The molecule has 8 heteroatoms. The highest BCUT2D eigenvalue weighted by Gasteiger charge is 2.22. The van der Waals surface area contributed by atoms with Crippen molar-refractivity contribution in [1.29, 1.82) is 0 Å². The number of hydrogen-bond acceptors (Lipinski definition) is 5. The fraction of sp³-hybridized carbons (Fsp3) is 0.556. The van der Waals surface area contributed by atoms with Crippen LogP contribution in [-0.4, -0.2) is 74.0 Å². The summed E-state index contributed by atoms with van der Waals surface area (Å²) in [4.78, 5) is 27.3. The lowest BCUT2D eigenvalue weighted by Crippen LogP contribution is -2.50. The second kappa shape index (κ2) is 11.4. The molecule has 0 aromatic heterocycles. The third-order valence-electron chi connectivity index (χ3n) is 4.29. The van der Waals surface area contributed by atoms with Gasteiger partial charge in [0.2, 0.25) is 5.91 Å². The van der Waals surface area contributed by atoms with Gasteiger partial charge < -0.3 is 16.0 Å². The van der Waals surface area contributed by atoms with Crippen LogP contribution in [0.2, 0.25) is 5.02 Å². The minimum absolute atomic E-state index is 0.144. The normalized spacial score (nSPS) is 16.1. The van der Waals surface area contributed by atoms with Crippen LogP contribution < -0.4 is 16.0 Å². The van der Waals surface area contributed by atoms with Crippen molar-refractivity contribution in [3.8, 4) is 0 Å². The summed E-state index contributed by atoms with van der Waals surface area (Å²) < 4.78 is 0.